The number of unbranched alkanes of at least 4 members (excludes halogenated alkanes) is 6. The van der Waals surface area contributed by atoms with Crippen LogP contribution in [0, 0.1) is 11.3 Å². The second-order valence-corrected chi connectivity index (χ2v) is 8.13. The first-order chi connectivity index (χ1) is 10.4. The Balaban J connectivity index is 1.71. The maximum absolute atomic E-state index is 2.32. The van der Waals surface area contributed by atoms with Crippen LogP contribution in [0.1, 0.15) is 122 Å². The van der Waals surface area contributed by atoms with Crippen molar-refractivity contribution >= 4 is 0 Å². The Hall–Kier alpha value is 0. The van der Waals surface area contributed by atoms with E-state index < -0.39 is 0 Å². The Morgan fingerprint density at radius 2 is 1.24 bits per heavy atom. The van der Waals surface area contributed by atoms with E-state index in [1.54, 1.807) is 32.1 Å². The molecule has 0 amide bonds. The van der Waals surface area contributed by atoms with Crippen LogP contribution < -0.4 is 0 Å². The Bertz CT molecular complexity index is 243. The molecule has 0 spiro atoms. The van der Waals surface area contributed by atoms with E-state index >= 15 is 0 Å². The minimum absolute atomic E-state index is 0.794. The Morgan fingerprint density at radius 1 is 0.667 bits per heavy atom. The third-order valence-electron chi connectivity index (χ3n) is 6.60. The molecule has 0 aromatic heterocycles. The van der Waals surface area contributed by atoms with Crippen LogP contribution in [-0.2, 0) is 0 Å². The smallest absolute Gasteiger partial charge is 0.0269 e. The van der Waals surface area contributed by atoms with Crippen molar-refractivity contribution in [1.29, 1.82) is 0 Å². The van der Waals surface area contributed by atoms with Gasteiger partial charge in [-0.1, -0.05) is 90.4 Å². The van der Waals surface area contributed by atoms with Gasteiger partial charge in [0.25, 0.3) is 0 Å². The van der Waals surface area contributed by atoms with Gasteiger partial charge in [0.1, 0.15) is 0 Å². The average Bonchev–Trinajstić information content (AvgIpc) is 2.56. The molecule has 0 aliphatic heterocycles. The largest absolute Gasteiger partial charge is 0.0654 e. The fraction of sp³-hybridized carbons (Fsp3) is 1.00. The topological polar surface area (TPSA) is 0 Å². The van der Waals surface area contributed by atoms with E-state index in [2.05, 4.69) is 6.92 Å². The molecule has 124 valence electrons. The normalized spacial score (nSPS) is 23.3. The summed E-state index contributed by atoms with van der Waals surface area (Å²) in [5.74, 6) is 1.10. The summed E-state index contributed by atoms with van der Waals surface area (Å²) in [5.41, 5.74) is 0.794. The van der Waals surface area contributed by atoms with Crippen LogP contribution in [0.2, 0.25) is 0 Å². The van der Waals surface area contributed by atoms with E-state index in [1.807, 2.05) is 0 Å². The van der Waals surface area contributed by atoms with Crippen LogP contribution in [0.25, 0.3) is 0 Å². The number of hydrogen-bond acceptors (Lipinski definition) is 0. The highest BCUT2D eigenvalue weighted by Crippen LogP contribution is 2.51. The monoisotopic (exact) mass is 292 g/mol. The maximum atomic E-state index is 2.32. The third-order valence-corrected chi connectivity index (χ3v) is 6.60. The van der Waals surface area contributed by atoms with Crippen molar-refractivity contribution in [2.24, 2.45) is 11.3 Å². The van der Waals surface area contributed by atoms with Crippen LogP contribution in [0.3, 0.4) is 0 Å². The quantitative estimate of drug-likeness (QED) is 0.383. The van der Waals surface area contributed by atoms with Crippen LogP contribution in [0.4, 0.5) is 0 Å². The van der Waals surface area contributed by atoms with E-state index in [4.69, 9.17) is 0 Å². The summed E-state index contributed by atoms with van der Waals surface area (Å²) in [6.45, 7) is 2.32. The van der Waals surface area contributed by atoms with Gasteiger partial charge in [0.05, 0.1) is 0 Å². The molecule has 2 saturated carbocycles. The van der Waals surface area contributed by atoms with Gasteiger partial charge in [-0.25, -0.2) is 0 Å². The summed E-state index contributed by atoms with van der Waals surface area (Å²) >= 11 is 0. The average molecular weight is 293 g/mol. The zero-order chi connectivity index (χ0) is 14.8. The highest BCUT2D eigenvalue weighted by Gasteiger charge is 2.39. The molecule has 2 rings (SSSR count). The molecule has 0 unspecified atom stereocenters. The second-order valence-electron chi connectivity index (χ2n) is 8.13. The van der Waals surface area contributed by atoms with Crippen LogP contribution in [0.15, 0.2) is 0 Å². The SMILES string of the molecule is CCCCCCCCCC1(C2CCCCC2)CCCCC1. The van der Waals surface area contributed by atoms with Crippen molar-refractivity contribution in [2.45, 2.75) is 122 Å². The van der Waals surface area contributed by atoms with Gasteiger partial charge in [-0.3, -0.25) is 0 Å². The van der Waals surface area contributed by atoms with Gasteiger partial charge in [0, 0.05) is 0 Å². The predicted octanol–water partition coefficient (Wildman–Crippen LogP) is 7.66. The van der Waals surface area contributed by atoms with Gasteiger partial charge in [-0.2, -0.15) is 0 Å². The van der Waals surface area contributed by atoms with Gasteiger partial charge in [0.2, 0.25) is 0 Å². The lowest BCUT2D eigenvalue weighted by molar-refractivity contribution is 0.0545. The fourth-order valence-electron chi connectivity index (χ4n) is 5.27. The molecule has 0 heteroatoms. The van der Waals surface area contributed by atoms with Crippen molar-refractivity contribution in [2.75, 3.05) is 0 Å². The molecular formula is C21H40. The van der Waals surface area contributed by atoms with E-state index in [0.29, 0.717) is 0 Å². The van der Waals surface area contributed by atoms with E-state index in [9.17, 15) is 0 Å². The molecule has 2 fully saturated rings. The van der Waals surface area contributed by atoms with Crippen molar-refractivity contribution in [3.05, 3.63) is 0 Å². The number of rotatable bonds is 9. The van der Waals surface area contributed by atoms with Crippen molar-refractivity contribution < 1.29 is 0 Å². The molecule has 0 saturated heterocycles. The van der Waals surface area contributed by atoms with E-state index in [-0.39, 0.29) is 0 Å². The summed E-state index contributed by atoms with van der Waals surface area (Å²) < 4.78 is 0. The summed E-state index contributed by atoms with van der Waals surface area (Å²) in [7, 11) is 0. The first kappa shape index (κ1) is 17.4. The highest BCUT2D eigenvalue weighted by atomic mass is 14.4. The minimum atomic E-state index is 0.794. The van der Waals surface area contributed by atoms with Gasteiger partial charge in [-0.05, 0) is 43.4 Å². The van der Waals surface area contributed by atoms with Crippen LogP contribution in [-0.4, -0.2) is 0 Å². The summed E-state index contributed by atoms with van der Waals surface area (Å²) in [5, 5.41) is 0. The Morgan fingerprint density at radius 3 is 1.90 bits per heavy atom. The van der Waals surface area contributed by atoms with Gasteiger partial charge in [-0.15, -0.1) is 0 Å². The minimum Gasteiger partial charge on any atom is -0.0654 e. The molecule has 0 aromatic rings. The molecule has 0 radical (unpaired) electrons. The third kappa shape index (κ3) is 5.61. The van der Waals surface area contributed by atoms with Crippen LogP contribution >= 0.6 is 0 Å². The van der Waals surface area contributed by atoms with E-state index in [1.165, 1.54) is 83.5 Å². The van der Waals surface area contributed by atoms with Gasteiger partial charge < -0.3 is 0 Å². The lowest BCUT2D eigenvalue weighted by atomic mass is 9.59. The molecule has 0 bridgehead atoms. The van der Waals surface area contributed by atoms with Crippen molar-refractivity contribution in [3.8, 4) is 0 Å². The molecular weight excluding hydrogens is 252 g/mol. The predicted molar refractivity (Wildman–Crippen MR) is 94.7 cm³/mol. The van der Waals surface area contributed by atoms with E-state index in [0.717, 1.165) is 11.3 Å². The van der Waals surface area contributed by atoms with Crippen LogP contribution in [0.5, 0.6) is 0 Å². The lowest BCUT2D eigenvalue weighted by Gasteiger charge is -2.46. The summed E-state index contributed by atoms with van der Waals surface area (Å²) in [4.78, 5) is 0. The molecule has 0 heterocycles. The molecule has 2 aliphatic rings. The number of hydrogen-bond donors (Lipinski definition) is 0. The molecule has 0 aromatic carbocycles. The molecule has 0 atom stereocenters. The molecule has 0 N–H and O–H groups in total. The zero-order valence-electron chi connectivity index (χ0n) is 14.8. The first-order valence-electron chi connectivity index (χ1n) is 10.4. The first-order valence-corrected chi connectivity index (χ1v) is 10.4. The lowest BCUT2D eigenvalue weighted by Crippen LogP contribution is -2.34. The van der Waals surface area contributed by atoms with Crippen molar-refractivity contribution in [3.63, 3.8) is 0 Å². The van der Waals surface area contributed by atoms with Gasteiger partial charge in [0.15, 0.2) is 0 Å². The molecule has 2 aliphatic carbocycles. The summed E-state index contributed by atoms with van der Waals surface area (Å²) in [6, 6.07) is 0. The van der Waals surface area contributed by atoms with Gasteiger partial charge >= 0.3 is 0 Å². The molecule has 0 nitrogen and oxygen atoms in total. The Kier molecular flexibility index (Phi) is 8.19. The molecule has 21 heavy (non-hydrogen) atoms. The highest BCUT2D eigenvalue weighted by molar-refractivity contribution is 4.90. The summed E-state index contributed by atoms with van der Waals surface area (Å²) in [6.07, 6.45) is 27.4. The fourth-order valence-corrected chi connectivity index (χ4v) is 5.27. The van der Waals surface area contributed by atoms with Crippen molar-refractivity contribution in [1.82, 2.24) is 0 Å². The maximum Gasteiger partial charge on any atom is -0.0269 e. The Labute approximate surface area is 134 Å². The second kappa shape index (κ2) is 9.90. The standard InChI is InChI=1S/C21H40/c1-2-3-4-5-6-7-12-17-21(18-13-9-14-19-21)20-15-10-8-11-16-20/h20H,2-19H2,1H3. The zero-order valence-corrected chi connectivity index (χ0v) is 14.8.